The average Bonchev–Trinajstić information content (AvgIpc) is 3.11. The van der Waals surface area contributed by atoms with Gasteiger partial charge in [0.15, 0.2) is 17.7 Å². The van der Waals surface area contributed by atoms with Crippen molar-refractivity contribution in [2.75, 3.05) is 6.79 Å². The second-order valence-corrected chi connectivity index (χ2v) is 6.23. The fourth-order valence-corrected chi connectivity index (χ4v) is 3.14. The highest BCUT2D eigenvalue weighted by molar-refractivity contribution is 5.92. The van der Waals surface area contributed by atoms with E-state index in [0.29, 0.717) is 11.3 Å². The maximum atomic E-state index is 12.7. The van der Waals surface area contributed by atoms with Crippen LogP contribution in [0.3, 0.4) is 0 Å². The fraction of sp³-hybridized carbons (Fsp3) is 0.190. The lowest BCUT2D eigenvalue weighted by Gasteiger charge is -2.06. The predicted octanol–water partition coefficient (Wildman–Crippen LogP) is 5.07. The summed E-state index contributed by atoms with van der Waals surface area (Å²) in [6.45, 7) is 3.00. The zero-order valence-corrected chi connectivity index (χ0v) is 14.6. The SMILES string of the molecule is CC[n+]1ccc2cc3c(cc2c1C=Cc1ccc(C(F)(F)F)cc1)OCO3. The Morgan fingerprint density at radius 1 is 1.00 bits per heavy atom. The number of aryl methyl sites for hydroxylation is 1. The molecule has 27 heavy (non-hydrogen) atoms. The van der Waals surface area contributed by atoms with Crippen LogP contribution in [-0.2, 0) is 12.7 Å². The van der Waals surface area contributed by atoms with E-state index in [1.54, 1.807) is 0 Å². The lowest BCUT2D eigenvalue weighted by atomic mass is 10.1. The molecule has 2 heterocycles. The van der Waals surface area contributed by atoms with E-state index in [4.69, 9.17) is 9.47 Å². The van der Waals surface area contributed by atoms with Gasteiger partial charge >= 0.3 is 6.18 Å². The van der Waals surface area contributed by atoms with Crippen LogP contribution in [0.4, 0.5) is 13.2 Å². The van der Waals surface area contributed by atoms with Crippen LogP contribution >= 0.6 is 0 Å². The maximum absolute atomic E-state index is 12.7. The van der Waals surface area contributed by atoms with Crippen LogP contribution in [0.1, 0.15) is 23.7 Å². The smallest absolute Gasteiger partial charge is 0.416 e. The number of aromatic nitrogens is 1. The molecular weight excluding hydrogens is 355 g/mol. The van der Waals surface area contributed by atoms with E-state index in [9.17, 15) is 13.2 Å². The number of fused-ring (bicyclic) bond motifs is 2. The number of hydrogen-bond donors (Lipinski definition) is 0. The van der Waals surface area contributed by atoms with Crippen molar-refractivity contribution >= 4 is 22.9 Å². The molecule has 2 aromatic carbocycles. The van der Waals surface area contributed by atoms with Gasteiger partial charge in [0.2, 0.25) is 12.5 Å². The van der Waals surface area contributed by atoms with E-state index in [0.717, 1.165) is 40.9 Å². The van der Waals surface area contributed by atoms with Gasteiger partial charge in [-0.15, -0.1) is 0 Å². The van der Waals surface area contributed by atoms with Crippen molar-refractivity contribution < 1.29 is 27.2 Å². The first kappa shape index (κ1) is 17.4. The third-order valence-corrected chi connectivity index (χ3v) is 4.58. The Morgan fingerprint density at radius 2 is 1.70 bits per heavy atom. The lowest BCUT2D eigenvalue weighted by molar-refractivity contribution is -0.693. The molecule has 0 bridgehead atoms. The van der Waals surface area contributed by atoms with Gasteiger partial charge in [-0.05, 0) is 48.2 Å². The molecule has 4 rings (SSSR count). The highest BCUT2D eigenvalue weighted by Crippen LogP contribution is 2.37. The second-order valence-electron chi connectivity index (χ2n) is 6.23. The number of hydrogen-bond acceptors (Lipinski definition) is 2. The Balaban J connectivity index is 1.75. The van der Waals surface area contributed by atoms with Crippen molar-refractivity contribution in [3.05, 3.63) is 65.5 Å². The van der Waals surface area contributed by atoms with Crippen molar-refractivity contribution in [1.29, 1.82) is 0 Å². The quantitative estimate of drug-likeness (QED) is 0.599. The average molecular weight is 372 g/mol. The predicted molar refractivity (Wildman–Crippen MR) is 96.3 cm³/mol. The summed E-state index contributed by atoms with van der Waals surface area (Å²) in [7, 11) is 0. The normalized spacial score (nSPS) is 13.6. The number of halogens is 3. The van der Waals surface area contributed by atoms with Gasteiger partial charge in [-0.25, -0.2) is 0 Å². The summed E-state index contributed by atoms with van der Waals surface area (Å²) >= 11 is 0. The minimum atomic E-state index is -4.33. The number of ether oxygens (including phenoxy) is 2. The summed E-state index contributed by atoms with van der Waals surface area (Å²) in [5.41, 5.74) is 0.998. The molecule has 3 nitrogen and oxygen atoms in total. The molecule has 0 fully saturated rings. The summed E-state index contributed by atoms with van der Waals surface area (Å²) in [5, 5.41) is 2.00. The highest BCUT2D eigenvalue weighted by atomic mass is 19.4. The van der Waals surface area contributed by atoms with Gasteiger partial charge < -0.3 is 9.47 Å². The fourth-order valence-electron chi connectivity index (χ4n) is 3.14. The van der Waals surface area contributed by atoms with Crippen LogP contribution in [0.2, 0.25) is 0 Å². The zero-order valence-electron chi connectivity index (χ0n) is 14.6. The van der Waals surface area contributed by atoms with Crippen LogP contribution in [-0.4, -0.2) is 6.79 Å². The first-order valence-electron chi connectivity index (χ1n) is 8.57. The van der Waals surface area contributed by atoms with Crippen molar-refractivity contribution in [2.24, 2.45) is 0 Å². The van der Waals surface area contributed by atoms with Crippen LogP contribution in [0.15, 0.2) is 48.7 Å². The standard InChI is InChI=1S/C21H17F3NO2/c1-2-25-10-9-15-11-19-20(27-13-26-19)12-17(15)18(25)8-5-14-3-6-16(7-4-14)21(22,23)24/h3-12H,2,13H2,1H3/q+1. The van der Waals surface area contributed by atoms with Crippen molar-refractivity contribution in [1.82, 2.24) is 0 Å². The minimum Gasteiger partial charge on any atom is -0.454 e. The maximum Gasteiger partial charge on any atom is 0.416 e. The number of pyridine rings is 1. The minimum absolute atomic E-state index is 0.205. The van der Waals surface area contributed by atoms with Gasteiger partial charge in [-0.3, -0.25) is 0 Å². The molecule has 0 spiro atoms. The van der Waals surface area contributed by atoms with E-state index in [1.807, 2.05) is 43.5 Å². The van der Waals surface area contributed by atoms with E-state index >= 15 is 0 Å². The first-order chi connectivity index (χ1) is 13.0. The third kappa shape index (κ3) is 3.35. The molecule has 1 aromatic heterocycles. The second kappa shape index (κ2) is 6.61. The summed E-state index contributed by atoms with van der Waals surface area (Å²) < 4.78 is 51.1. The Labute approximate surface area is 154 Å². The van der Waals surface area contributed by atoms with Gasteiger partial charge in [0.25, 0.3) is 0 Å². The van der Waals surface area contributed by atoms with Gasteiger partial charge in [-0.2, -0.15) is 17.7 Å². The van der Waals surface area contributed by atoms with Crippen LogP contribution < -0.4 is 14.0 Å². The molecular formula is C21H17F3NO2+. The first-order valence-corrected chi connectivity index (χ1v) is 8.57. The molecule has 1 aliphatic rings. The molecule has 0 saturated heterocycles. The van der Waals surface area contributed by atoms with Crippen LogP contribution in [0.25, 0.3) is 22.9 Å². The molecule has 0 saturated carbocycles. The summed E-state index contributed by atoms with van der Waals surface area (Å²) in [5.74, 6) is 1.41. The molecule has 3 aromatic rings. The molecule has 0 radical (unpaired) electrons. The van der Waals surface area contributed by atoms with Gasteiger partial charge in [0, 0.05) is 12.1 Å². The van der Waals surface area contributed by atoms with Crippen molar-refractivity contribution in [2.45, 2.75) is 19.6 Å². The van der Waals surface area contributed by atoms with Gasteiger partial charge in [-0.1, -0.05) is 12.1 Å². The number of benzene rings is 2. The molecule has 0 N–H and O–H groups in total. The number of nitrogens with zero attached hydrogens (tertiary/aromatic N) is 1. The summed E-state index contributed by atoms with van der Waals surface area (Å²) in [6.07, 6.45) is 1.38. The Morgan fingerprint density at radius 3 is 2.37 bits per heavy atom. The molecule has 0 amide bonds. The van der Waals surface area contributed by atoms with E-state index < -0.39 is 11.7 Å². The van der Waals surface area contributed by atoms with Crippen molar-refractivity contribution in [3.63, 3.8) is 0 Å². The molecule has 1 aliphatic heterocycles. The molecule has 0 aliphatic carbocycles. The monoisotopic (exact) mass is 372 g/mol. The summed E-state index contributed by atoms with van der Waals surface area (Å²) in [6, 6.07) is 11.0. The van der Waals surface area contributed by atoms with Crippen LogP contribution in [0.5, 0.6) is 11.5 Å². The number of rotatable bonds is 3. The topological polar surface area (TPSA) is 22.3 Å². The third-order valence-electron chi connectivity index (χ3n) is 4.58. The van der Waals surface area contributed by atoms with E-state index in [-0.39, 0.29) is 6.79 Å². The Bertz CT molecular complexity index is 1020. The van der Waals surface area contributed by atoms with Gasteiger partial charge in [0.1, 0.15) is 6.54 Å². The van der Waals surface area contributed by atoms with E-state index in [2.05, 4.69) is 4.57 Å². The summed E-state index contributed by atoms with van der Waals surface area (Å²) in [4.78, 5) is 0. The Hall–Kier alpha value is -3.02. The Kier molecular flexibility index (Phi) is 4.26. The molecule has 0 unspecified atom stereocenters. The van der Waals surface area contributed by atoms with Crippen LogP contribution in [0, 0.1) is 0 Å². The van der Waals surface area contributed by atoms with Gasteiger partial charge in [0.05, 0.1) is 10.9 Å². The highest BCUT2D eigenvalue weighted by Gasteiger charge is 2.29. The van der Waals surface area contributed by atoms with Crippen molar-refractivity contribution in [3.8, 4) is 11.5 Å². The molecule has 138 valence electrons. The molecule has 0 atom stereocenters. The molecule has 6 heteroatoms. The zero-order chi connectivity index (χ0) is 19.0. The largest absolute Gasteiger partial charge is 0.454 e. The number of alkyl halides is 3. The van der Waals surface area contributed by atoms with E-state index in [1.165, 1.54) is 12.1 Å². The lowest BCUT2D eigenvalue weighted by Crippen LogP contribution is -2.35.